The molecule has 1 heterocycles. The van der Waals surface area contributed by atoms with Gasteiger partial charge in [0.05, 0.1) is 5.69 Å². The maximum atomic E-state index is 11.9. The summed E-state index contributed by atoms with van der Waals surface area (Å²) in [6, 6.07) is 4.25. The summed E-state index contributed by atoms with van der Waals surface area (Å²) in [6.45, 7) is -0.111. The molecular formula is C12H11F3N2O4. The van der Waals surface area contributed by atoms with Crippen molar-refractivity contribution in [3.63, 3.8) is 0 Å². The number of halogens is 3. The van der Waals surface area contributed by atoms with Gasteiger partial charge in [-0.2, -0.15) is 13.2 Å². The molecule has 9 heteroatoms. The first kappa shape index (κ1) is 14.9. The molecule has 1 aromatic carbocycles. The van der Waals surface area contributed by atoms with Gasteiger partial charge in [-0.1, -0.05) is 0 Å². The van der Waals surface area contributed by atoms with Gasteiger partial charge in [0.2, 0.25) is 0 Å². The average Bonchev–Trinajstić information content (AvgIpc) is 2.37. The monoisotopic (exact) mass is 304 g/mol. The summed E-state index contributed by atoms with van der Waals surface area (Å²) in [7, 11) is 0. The lowest BCUT2D eigenvalue weighted by molar-refractivity contribution is -0.159. The van der Waals surface area contributed by atoms with Crippen molar-refractivity contribution >= 4 is 23.4 Å². The molecule has 1 unspecified atom stereocenters. The second kappa shape index (κ2) is 5.51. The number of carbonyl (C=O) groups excluding carboxylic acids is 2. The number of carbonyl (C=O) groups is 2. The second-order valence-electron chi connectivity index (χ2n) is 4.28. The van der Waals surface area contributed by atoms with Gasteiger partial charge < -0.3 is 14.8 Å². The van der Waals surface area contributed by atoms with Crippen molar-refractivity contribution in [2.45, 2.75) is 19.2 Å². The lowest BCUT2D eigenvalue weighted by Crippen LogP contribution is -2.34. The van der Waals surface area contributed by atoms with Gasteiger partial charge in [0.15, 0.2) is 12.7 Å². The highest BCUT2D eigenvalue weighted by Crippen LogP contribution is 2.32. The van der Waals surface area contributed by atoms with Gasteiger partial charge in [0.25, 0.3) is 5.91 Å². The Hall–Kier alpha value is -2.45. The topological polar surface area (TPSA) is 76.7 Å². The summed E-state index contributed by atoms with van der Waals surface area (Å²) in [5.41, 5.74) is 0.478. The zero-order chi connectivity index (χ0) is 15.6. The number of anilines is 2. The van der Waals surface area contributed by atoms with Crippen LogP contribution < -0.4 is 15.4 Å². The fraction of sp³-hybridized carbons (Fsp3) is 0.333. The van der Waals surface area contributed by atoms with E-state index in [1.165, 1.54) is 18.2 Å². The third-order valence-electron chi connectivity index (χ3n) is 2.52. The summed E-state index contributed by atoms with van der Waals surface area (Å²) >= 11 is 0. The van der Waals surface area contributed by atoms with Crippen molar-refractivity contribution in [2.24, 2.45) is 0 Å². The van der Waals surface area contributed by atoms with Crippen molar-refractivity contribution in [3.8, 4) is 5.75 Å². The molecule has 0 aromatic heterocycles. The third-order valence-corrected chi connectivity index (χ3v) is 2.52. The molecule has 0 aliphatic carbocycles. The van der Waals surface area contributed by atoms with E-state index in [-0.39, 0.29) is 11.6 Å². The quantitative estimate of drug-likeness (QED) is 0.880. The predicted octanol–water partition coefficient (Wildman–Crippen LogP) is 2.52. The Bertz CT molecular complexity index is 574. The van der Waals surface area contributed by atoms with Crippen molar-refractivity contribution < 1.29 is 32.2 Å². The molecule has 2 amide bonds. The van der Waals surface area contributed by atoms with Crippen LogP contribution in [0.25, 0.3) is 0 Å². The number of hydrogen-bond donors (Lipinski definition) is 2. The minimum absolute atomic E-state index is 0.166. The van der Waals surface area contributed by atoms with Crippen molar-refractivity contribution in [1.82, 2.24) is 0 Å². The first-order chi connectivity index (χ1) is 9.74. The molecule has 114 valence electrons. The first-order valence-electron chi connectivity index (χ1n) is 5.87. The lowest BCUT2D eigenvalue weighted by atomic mass is 10.2. The Labute approximate surface area is 117 Å². The smallest absolute Gasteiger partial charge is 0.422 e. The van der Waals surface area contributed by atoms with Crippen LogP contribution in [0.1, 0.15) is 6.92 Å². The number of benzene rings is 1. The van der Waals surface area contributed by atoms with E-state index >= 15 is 0 Å². The molecule has 1 atom stereocenters. The lowest BCUT2D eigenvalue weighted by Gasteiger charge is -2.23. The number of amides is 2. The minimum atomic E-state index is -4.59. The Morgan fingerprint density at radius 3 is 2.86 bits per heavy atom. The molecule has 0 radical (unpaired) electrons. The highest BCUT2D eigenvalue weighted by molar-refractivity contribution is 5.98. The fourth-order valence-corrected chi connectivity index (χ4v) is 1.59. The zero-order valence-corrected chi connectivity index (χ0v) is 10.8. The van der Waals surface area contributed by atoms with E-state index in [9.17, 15) is 22.8 Å². The molecule has 6 nitrogen and oxygen atoms in total. The molecule has 0 saturated carbocycles. The molecule has 1 aromatic rings. The Balaban J connectivity index is 2.01. The Morgan fingerprint density at radius 2 is 2.19 bits per heavy atom. The van der Waals surface area contributed by atoms with Crippen LogP contribution in [0.5, 0.6) is 5.75 Å². The number of hydrogen-bond acceptors (Lipinski definition) is 4. The molecule has 0 bridgehead atoms. The molecular weight excluding hydrogens is 293 g/mol. The van der Waals surface area contributed by atoms with Gasteiger partial charge in [-0.3, -0.25) is 10.1 Å². The van der Waals surface area contributed by atoms with Crippen LogP contribution in [0, 0.1) is 0 Å². The van der Waals surface area contributed by atoms with Crippen LogP contribution in [0.3, 0.4) is 0 Å². The number of ether oxygens (including phenoxy) is 2. The van der Waals surface area contributed by atoms with E-state index in [1.54, 1.807) is 6.92 Å². The van der Waals surface area contributed by atoms with E-state index in [0.717, 1.165) is 0 Å². The van der Waals surface area contributed by atoms with Crippen molar-refractivity contribution in [1.29, 1.82) is 0 Å². The van der Waals surface area contributed by atoms with Crippen LogP contribution in [0.4, 0.5) is 29.3 Å². The van der Waals surface area contributed by atoms with Gasteiger partial charge >= 0.3 is 12.3 Å². The van der Waals surface area contributed by atoms with E-state index in [2.05, 4.69) is 15.4 Å². The molecule has 2 N–H and O–H groups in total. The van der Waals surface area contributed by atoms with Crippen LogP contribution >= 0.6 is 0 Å². The average molecular weight is 304 g/mol. The van der Waals surface area contributed by atoms with Gasteiger partial charge in [-0.05, 0) is 25.1 Å². The standard InChI is InChI=1S/C12H11F3N2O4/c1-6-10(18)17-8-4-7(2-3-9(8)21-6)16-11(19)20-5-12(13,14)15/h2-4,6H,5H2,1H3,(H,16,19)(H,17,18). The predicted molar refractivity (Wildman–Crippen MR) is 66.2 cm³/mol. The van der Waals surface area contributed by atoms with E-state index in [4.69, 9.17) is 4.74 Å². The number of rotatable bonds is 2. The molecule has 0 fully saturated rings. The highest BCUT2D eigenvalue weighted by Gasteiger charge is 2.29. The highest BCUT2D eigenvalue weighted by atomic mass is 19.4. The van der Waals surface area contributed by atoms with E-state index in [0.29, 0.717) is 11.4 Å². The zero-order valence-electron chi connectivity index (χ0n) is 10.8. The van der Waals surface area contributed by atoms with Crippen LogP contribution in [0.15, 0.2) is 18.2 Å². The Morgan fingerprint density at radius 1 is 1.48 bits per heavy atom. The second-order valence-corrected chi connectivity index (χ2v) is 4.28. The summed E-state index contributed by atoms with van der Waals surface area (Å²) in [5, 5.41) is 4.67. The summed E-state index contributed by atoms with van der Waals surface area (Å²) in [5.74, 6) is 0.0376. The normalized spacial score (nSPS) is 17.3. The van der Waals surface area contributed by atoms with Gasteiger partial charge in [-0.25, -0.2) is 4.79 Å². The molecule has 0 saturated heterocycles. The maximum Gasteiger partial charge on any atom is 0.422 e. The number of fused-ring (bicyclic) bond motifs is 1. The van der Waals surface area contributed by atoms with Gasteiger partial charge in [0.1, 0.15) is 5.75 Å². The number of nitrogens with one attached hydrogen (secondary N) is 2. The molecule has 21 heavy (non-hydrogen) atoms. The summed E-state index contributed by atoms with van der Waals surface area (Å²) in [6.07, 6.45) is -6.48. The largest absolute Gasteiger partial charge is 0.479 e. The third kappa shape index (κ3) is 4.01. The van der Waals surface area contributed by atoms with Crippen molar-refractivity contribution in [3.05, 3.63) is 18.2 Å². The van der Waals surface area contributed by atoms with Crippen LogP contribution in [0.2, 0.25) is 0 Å². The number of alkyl halides is 3. The van der Waals surface area contributed by atoms with Gasteiger partial charge in [0, 0.05) is 5.69 Å². The van der Waals surface area contributed by atoms with Crippen molar-refractivity contribution in [2.75, 3.05) is 17.2 Å². The van der Waals surface area contributed by atoms with E-state index < -0.39 is 25.0 Å². The molecule has 2 rings (SSSR count). The maximum absolute atomic E-state index is 11.9. The molecule has 1 aliphatic rings. The van der Waals surface area contributed by atoms with Crippen LogP contribution in [-0.4, -0.2) is 30.9 Å². The van der Waals surface area contributed by atoms with E-state index in [1.807, 2.05) is 0 Å². The fourth-order valence-electron chi connectivity index (χ4n) is 1.59. The summed E-state index contributed by atoms with van der Waals surface area (Å²) < 4.78 is 45.0. The SMILES string of the molecule is CC1Oc2ccc(NC(=O)OCC(F)(F)F)cc2NC1=O. The van der Waals surface area contributed by atoms with Gasteiger partial charge in [-0.15, -0.1) is 0 Å². The molecule has 1 aliphatic heterocycles. The first-order valence-corrected chi connectivity index (χ1v) is 5.87. The Kier molecular flexibility index (Phi) is 3.92. The molecule has 0 spiro atoms. The minimum Gasteiger partial charge on any atom is -0.479 e. The van der Waals surface area contributed by atoms with Crippen LogP contribution in [-0.2, 0) is 9.53 Å². The summed E-state index contributed by atoms with van der Waals surface area (Å²) in [4.78, 5) is 22.6.